The molecule has 0 saturated carbocycles. The molecule has 1 amide bonds. The molecule has 6 heteroatoms. The number of aryl methyl sites for hydroxylation is 1. The van der Waals surface area contributed by atoms with Crippen LogP contribution < -0.4 is 4.74 Å². The van der Waals surface area contributed by atoms with E-state index in [1.807, 2.05) is 38.1 Å². The summed E-state index contributed by atoms with van der Waals surface area (Å²) in [7, 11) is 0. The summed E-state index contributed by atoms with van der Waals surface area (Å²) in [5, 5.41) is 9.00. The molecule has 0 spiro atoms. The number of hydrogen-bond acceptors (Lipinski definition) is 4. The van der Waals surface area contributed by atoms with Gasteiger partial charge in [-0.05, 0) is 31.0 Å². The molecule has 1 aromatic rings. The van der Waals surface area contributed by atoms with Gasteiger partial charge in [-0.25, -0.2) is 0 Å². The average molecular weight is 321 g/mol. The molecule has 23 heavy (non-hydrogen) atoms. The first-order valence-electron chi connectivity index (χ1n) is 7.84. The molecule has 0 aromatic heterocycles. The van der Waals surface area contributed by atoms with Crippen LogP contribution >= 0.6 is 0 Å². The SMILES string of the molecule is CCC(Oc1cccc(C)c1)C(=O)N1CCOCC1CC(=O)O. The van der Waals surface area contributed by atoms with Crippen molar-refractivity contribution in [1.82, 2.24) is 4.90 Å². The molecule has 1 aliphatic rings. The number of carboxylic acid groups (broad SMARTS) is 1. The Hall–Kier alpha value is -2.08. The lowest BCUT2D eigenvalue weighted by Crippen LogP contribution is -2.53. The highest BCUT2D eigenvalue weighted by Crippen LogP contribution is 2.19. The predicted molar refractivity (Wildman–Crippen MR) is 84.5 cm³/mol. The molecule has 1 aliphatic heterocycles. The lowest BCUT2D eigenvalue weighted by molar-refractivity contribution is -0.151. The van der Waals surface area contributed by atoms with E-state index in [1.165, 1.54) is 0 Å². The van der Waals surface area contributed by atoms with Crippen LogP contribution in [0.2, 0.25) is 0 Å². The summed E-state index contributed by atoms with van der Waals surface area (Å²) in [6, 6.07) is 7.09. The number of rotatable bonds is 6. The van der Waals surface area contributed by atoms with Gasteiger partial charge in [0.05, 0.1) is 25.7 Å². The van der Waals surface area contributed by atoms with E-state index < -0.39 is 18.1 Å². The van der Waals surface area contributed by atoms with E-state index in [-0.39, 0.29) is 18.9 Å². The van der Waals surface area contributed by atoms with E-state index in [1.54, 1.807) is 4.90 Å². The molecular weight excluding hydrogens is 298 g/mol. The molecule has 2 rings (SSSR count). The molecule has 2 atom stereocenters. The molecule has 1 N–H and O–H groups in total. The molecule has 1 heterocycles. The zero-order valence-electron chi connectivity index (χ0n) is 13.5. The Morgan fingerprint density at radius 3 is 2.91 bits per heavy atom. The van der Waals surface area contributed by atoms with Crippen LogP contribution in [-0.4, -0.2) is 53.8 Å². The third-order valence-corrected chi connectivity index (χ3v) is 3.83. The molecule has 126 valence electrons. The van der Waals surface area contributed by atoms with Gasteiger partial charge in [0.25, 0.3) is 5.91 Å². The maximum atomic E-state index is 12.8. The van der Waals surface area contributed by atoms with Gasteiger partial charge in [-0.15, -0.1) is 0 Å². The number of aliphatic carboxylic acids is 1. The Morgan fingerprint density at radius 2 is 2.26 bits per heavy atom. The van der Waals surface area contributed by atoms with Gasteiger partial charge in [0.1, 0.15) is 5.75 Å². The average Bonchev–Trinajstić information content (AvgIpc) is 2.52. The zero-order valence-corrected chi connectivity index (χ0v) is 13.5. The van der Waals surface area contributed by atoms with Crippen LogP contribution in [0.25, 0.3) is 0 Å². The van der Waals surface area contributed by atoms with E-state index >= 15 is 0 Å². The number of ether oxygens (including phenoxy) is 2. The molecule has 1 saturated heterocycles. The van der Waals surface area contributed by atoms with E-state index in [0.29, 0.717) is 25.3 Å². The normalized spacial score (nSPS) is 19.2. The number of amides is 1. The van der Waals surface area contributed by atoms with E-state index in [9.17, 15) is 9.59 Å². The third kappa shape index (κ3) is 4.69. The second kappa shape index (κ2) is 7.97. The summed E-state index contributed by atoms with van der Waals surface area (Å²) >= 11 is 0. The number of carbonyl (C=O) groups excluding carboxylic acids is 1. The third-order valence-electron chi connectivity index (χ3n) is 3.83. The van der Waals surface area contributed by atoms with Gasteiger partial charge in [-0.3, -0.25) is 9.59 Å². The van der Waals surface area contributed by atoms with Crippen LogP contribution in [0, 0.1) is 6.92 Å². The summed E-state index contributed by atoms with van der Waals surface area (Å²) in [6.45, 7) is 4.90. The molecule has 0 radical (unpaired) electrons. The second-order valence-electron chi connectivity index (χ2n) is 5.69. The smallest absolute Gasteiger partial charge is 0.305 e. The van der Waals surface area contributed by atoms with Crippen molar-refractivity contribution in [3.8, 4) is 5.75 Å². The summed E-state index contributed by atoms with van der Waals surface area (Å²) in [5.41, 5.74) is 1.06. The number of hydrogen-bond donors (Lipinski definition) is 1. The number of nitrogens with zero attached hydrogens (tertiary/aromatic N) is 1. The molecule has 2 unspecified atom stereocenters. The fourth-order valence-electron chi connectivity index (χ4n) is 2.66. The van der Waals surface area contributed by atoms with Crippen molar-refractivity contribution in [3.63, 3.8) is 0 Å². The van der Waals surface area contributed by atoms with E-state index in [4.69, 9.17) is 14.6 Å². The minimum atomic E-state index is -0.939. The van der Waals surface area contributed by atoms with Gasteiger partial charge in [-0.2, -0.15) is 0 Å². The van der Waals surface area contributed by atoms with Crippen molar-refractivity contribution in [2.75, 3.05) is 19.8 Å². The van der Waals surface area contributed by atoms with Crippen molar-refractivity contribution in [2.24, 2.45) is 0 Å². The van der Waals surface area contributed by atoms with E-state index in [0.717, 1.165) is 5.56 Å². The van der Waals surface area contributed by atoms with Gasteiger partial charge in [0.15, 0.2) is 6.10 Å². The molecule has 1 fully saturated rings. The standard InChI is InChI=1S/C17H23NO5/c1-3-15(23-14-6-4-5-12(2)9-14)17(21)18-7-8-22-11-13(18)10-16(19)20/h4-6,9,13,15H,3,7-8,10-11H2,1-2H3,(H,19,20). The lowest BCUT2D eigenvalue weighted by Gasteiger charge is -2.36. The number of carbonyl (C=O) groups is 2. The van der Waals surface area contributed by atoms with Gasteiger partial charge in [-0.1, -0.05) is 19.1 Å². The molecule has 1 aromatic carbocycles. The first-order chi connectivity index (χ1) is 11.0. The first-order valence-corrected chi connectivity index (χ1v) is 7.84. The van der Waals surface area contributed by atoms with Gasteiger partial charge >= 0.3 is 5.97 Å². The van der Waals surface area contributed by atoms with Gasteiger partial charge in [0.2, 0.25) is 0 Å². The molecule has 0 aliphatic carbocycles. The quantitative estimate of drug-likeness (QED) is 0.865. The van der Waals surface area contributed by atoms with Gasteiger partial charge < -0.3 is 19.5 Å². The van der Waals surface area contributed by atoms with Crippen molar-refractivity contribution >= 4 is 11.9 Å². The van der Waals surface area contributed by atoms with Crippen LogP contribution in [0.4, 0.5) is 0 Å². The minimum absolute atomic E-state index is 0.118. The molecular formula is C17H23NO5. The summed E-state index contributed by atoms with van der Waals surface area (Å²) < 4.78 is 11.1. The van der Waals surface area contributed by atoms with Crippen LogP contribution in [-0.2, 0) is 14.3 Å². The Kier molecular flexibility index (Phi) is 5.98. The van der Waals surface area contributed by atoms with E-state index in [2.05, 4.69) is 0 Å². The van der Waals surface area contributed by atoms with Crippen LogP contribution in [0.3, 0.4) is 0 Å². The number of benzene rings is 1. The van der Waals surface area contributed by atoms with Crippen LogP contribution in [0.5, 0.6) is 5.75 Å². The minimum Gasteiger partial charge on any atom is -0.481 e. The topological polar surface area (TPSA) is 76.1 Å². The zero-order chi connectivity index (χ0) is 16.8. The fourth-order valence-corrected chi connectivity index (χ4v) is 2.66. The maximum Gasteiger partial charge on any atom is 0.305 e. The second-order valence-corrected chi connectivity index (χ2v) is 5.69. The maximum absolute atomic E-state index is 12.8. The number of morpholine rings is 1. The van der Waals surface area contributed by atoms with Crippen molar-refractivity contribution in [3.05, 3.63) is 29.8 Å². The highest BCUT2D eigenvalue weighted by Gasteiger charge is 2.33. The Balaban J connectivity index is 2.09. The van der Waals surface area contributed by atoms with Gasteiger partial charge in [0, 0.05) is 6.54 Å². The lowest BCUT2D eigenvalue weighted by atomic mass is 10.1. The Bertz CT molecular complexity index is 560. The Morgan fingerprint density at radius 1 is 1.48 bits per heavy atom. The Labute approximate surface area is 136 Å². The fraction of sp³-hybridized carbons (Fsp3) is 0.529. The highest BCUT2D eigenvalue weighted by atomic mass is 16.5. The summed E-state index contributed by atoms with van der Waals surface area (Å²) in [6.07, 6.45) is -0.220. The highest BCUT2D eigenvalue weighted by molar-refractivity contribution is 5.82. The van der Waals surface area contributed by atoms with Crippen molar-refractivity contribution < 1.29 is 24.2 Å². The summed E-state index contributed by atoms with van der Waals surface area (Å²) in [4.78, 5) is 25.3. The number of carboxylic acids is 1. The monoisotopic (exact) mass is 321 g/mol. The first kappa shape index (κ1) is 17.3. The largest absolute Gasteiger partial charge is 0.481 e. The molecule has 6 nitrogen and oxygen atoms in total. The van der Waals surface area contributed by atoms with Crippen LogP contribution in [0.15, 0.2) is 24.3 Å². The predicted octanol–water partition coefficient (Wildman–Crippen LogP) is 1.85. The van der Waals surface area contributed by atoms with Crippen molar-refractivity contribution in [2.45, 2.75) is 38.8 Å². The van der Waals surface area contributed by atoms with Crippen molar-refractivity contribution in [1.29, 1.82) is 0 Å². The summed E-state index contributed by atoms with van der Waals surface area (Å²) in [5.74, 6) is -0.470. The van der Waals surface area contributed by atoms with Crippen LogP contribution in [0.1, 0.15) is 25.3 Å². The molecule has 0 bridgehead atoms.